The van der Waals surface area contributed by atoms with Gasteiger partial charge in [-0.25, -0.2) is 10.4 Å². The maximum Gasteiger partial charge on any atom is 0.141 e. The van der Waals surface area contributed by atoms with E-state index in [-0.39, 0.29) is 0 Å². The first-order valence-corrected chi connectivity index (χ1v) is 9.51. The second kappa shape index (κ2) is 8.97. The van der Waals surface area contributed by atoms with Crippen molar-refractivity contribution in [2.45, 2.75) is 39.2 Å². The molecule has 3 rings (SSSR count). The minimum absolute atomic E-state index is 0.394. The van der Waals surface area contributed by atoms with E-state index in [1.54, 1.807) is 0 Å². The third-order valence-electron chi connectivity index (χ3n) is 4.58. The van der Waals surface area contributed by atoms with Crippen molar-refractivity contribution in [2.75, 3.05) is 19.1 Å². The zero-order valence-electron chi connectivity index (χ0n) is 16.6. The van der Waals surface area contributed by atoms with Crippen LogP contribution < -0.4 is 10.9 Å². The van der Waals surface area contributed by atoms with Gasteiger partial charge < -0.3 is 10.2 Å². The zero-order chi connectivity index (χ0) is 19.2. The number of nitrogens with zero attached hydrogens (tertiary/aromatic N) is 3. The summed E-state index contributed by atoms with van der Waals surface area (Å²) in [4.78, 5) is 4.78. The van der Waals surface area contributed by atoms with Gasteiger partial charge in [0.15, 0.2) is 0 Å². The van der Waals surface area contributed by atoms with Crippen molar-refractivity contribution in [2.24, 2.45) is 7.05 Å². The smallest absolute Gasteiger partial charge is 0.141 e. The predicted molar refractivity (Wildman–Crippen MR) is 110 cm³/mol. The number of hydrogen-bond donors (Lipinski definition) is 2. The molecule has 2 heterocycles. The highest BCUT2D eigenvalue weighted by molar-refractivity contribution is 5.83. The summed E-state index contributed by atoms with van der Waals surface area (Å²) < 4.78 is 7.77. The lowest BCUT2D eigenvalue weighted by Gasteiger charge is -2.12. The summed E-state index contributed by atoms with van der Waals surface area (Å²) in [6.07, 6.45) is 1.76. The van der Waals surface area contributed by atoms with Gasteiger partial charge in [0, 0.05) is 20.7 Å². The SMILES string of the molecule is CNNc1cc(C(C)C)c2c(n1)c(CCCOCc1ccccc1)nn2C. The molecule has 0 amide bonds. The Kier molecular flexibility index (Phi) is 6.42. The fourth-order valence-electron chi connectivity index (χ4n) is 3.28. The molecule has 0 unspecified atom stereocenters. The number of hydrogen-bond acceptors (Lipinski definition) is 5. The highest BCUT2D eigenvalue weighted by atomic mass is 16.5. The molecule has 2 aromatic heterocycles. The summed E-state index contributed by atoms with van der Waals surface area (Å²) in [6, 6.07) is 12.4. The summed E-state index contributed by atoms with van der Waals surface area (Å²) >= 11 is 0. The van der Waals surface area contributed by atoms with Crippen molar-refractivity contribution in [3.8, 4) is 0 Å². The molecule has 1 aromatic carbocycles. The number of fused-ring (bicyclic) bond motifs is 1. The molecular formula is C21H29N5O. The standard InChI is InChI=1S/C21H29N5O/c1-15(2)17-13-19(24-22-3)23-20-18(25-26(4)21(17)20)11-8-12-27-14-16-9-6-5-7-10-16/h5-7,9-10,13,15,22H,8,11-12,14H2,1-4H3,(H,23,24). The normalized spacial score (nSPS) is 11.4. The van der Waals surface area contributed by atoms with Gasteiger partial charge >= 0.3 is 0 Å². The zero-order valence-corrected chi connectivity index (χ0v) is 16.6. The Morgan fingerprint density at radius 1 is 1.19 bits per heavy atom. The molecule has 2 N–H and O–H groups in total. The van der Waals surface area contributed by atoms with E-state index in [9.17, 15) is 0 Å². The Morgan fingerprint density at radius 2 is 1.96 bits per heavy atom. The number of anilines is 1. The van der Waals surface area contributed by atoms with Gasteiger partial charge in [0.05, 0.1) is 17.8 Å². The van der Waals surface area contributed by atoms with Crippen LogP contribution in [-0.4, -0.2) is 28.4 Å². The number of hydrazine groups is 1. The Hall–Kier alpha value is -2.44. The van der Waals surface area contributed by atoms with Crippen molar-refractivity contribution < 1.29 is 4.74 Å². The molecule has 0 saturated carbocycles. The van der Waals surface area contributed by atoms with Gasteiger partial charge in [-0.15, -0.1) is 0 Å². The third kappa shape index (κ3) is 4.64. The van der Waals surface area contributed by atoms with Crippen molar-refractivity contribution in [3.05, 3.63) is 53.2 Å². The van der Waals surface area contributed by atoms with Crippen molar-refractivity contribution >= 4 is 16.9 Å². The van der Waals surface area contributed by atoms with Gasteiger partial charge in [-0.1, -0.05) is 44.2 Å². The lowest BCUT2D eigenvalue weighted by atomic mass is 10.0. The molecule has 0 atom stereocenters. The van der Waals surface area contributed by atoms with Crippen LogP contribution in [0.3, 0.4) is 0 Å². The molecule has 6 nitrogen and oxygen atoms in total. The first kappa shape index (κ1) is 19.3. The lowest BCUT2D eigenvalue weighted by Crippen LogP contribution is -2.16. The molecule has 3 aromatic rings. The number of nitrogens with one attached hydrogen (secondary N) is 2. The Morgan fingerprint density at radius 3 is 2.67 bits per heavy atom. The topological polar surface area (TPSA) is 64.0 Å². The molecule has 0 aliphatic carbocycles. The largest absolute Gasteiger partial charge is 0.377 e. The van der Waals surface area contributed by atoms with Gasteiger partial charge in [0.25, 0.3) is 0 Å². The summed E-state index contributed by atoms with van der Waals surface area (Å²) in [5.74, 6) is 1.22. The van der Waals surface area contributed by atoms with Crippen LogP contribution in [0.1, 0.15) is 43.0 Å². The van der Waals surface area contributed by atoms with Gasteiger partial charge in [0.2, 0.25) is 0 Å². The van der Waals surface area contributed by atoms with Crippen LogP contribution in [-0.2, 0) is 24.8 Å². The molecule has 0 saturated heterocycles. The molecule has 144 valence electrons. The van der Waals surface area contributed by atoms with Gasteiger partial charge in [-0.3, -0.25) is 4.68 Å². The van der Waals surface area contributed by atoms with Crippen LogP contribution in [0.25, 0.3) is 11.0 Å². The Bertz CT molecular complexity index is 873. The number of pyridine rings is 1. The molecule has 0 radical (unpaired) electrons. The van der Waals surface area contributed by atoms with Crippen molar-refractivity contribution in [1.29, 1.82) is 0 Å². The molecule has 0 aliphatic heterocycles. The Labute approximate surface area is 160 Å². The average molecular weight is 367 g/mol. The van der Waals surface area contributed by atoms with E-state index >= 15 is 0 Å². The van der Waals surface area contributed by atoms with E-state index in [0.29, 0.717) is 19.1 Å². The second-order valence-corrected chi connectivity index (χ2v) is 7.04. The summed E-state index contributed by atoms with van der Waals surface area (Å²) in [5, 5.41) is 4.74. The van der Waals surface area contributed by atoms with Gasteiger partial charge in [0.1, 0.15) is 11.3 Å². The fraction of sp³-hybridized carbons (Fsp3) is 0.429. The quantitative estimate of drug-likeness (QED) is 0.445. The van der Waals surface area contributed by atoms with Crippen LogP contribution in [0.2, 0.25) is 0 Å². The van der Waals surface area contributed by atoms with Crippen LogP contribution in [0.15, 0.2) is 36.4 Å². The first-order chi connectivity index (χ1) is 13.1. The van der Waals surface area contributed by atoms with Crippen LogP contribution >= 0.6 is 0 Å². The van der Waals surface area contributed by atoms with Gasteiger partial charge in [-0.2, -0.15) is 5.10 Å². The molecular weight excluding hydrogens is 338 g/mol. The van der Waals surface area contributed by atoms with Crippen LogP contribution in [0, 0.1) is 0 Å². The van der Waals surface area contributed by atoms with Crippen molar-refractivity contribution in [1.82, 2.24) is 20.2 Å². The monoisotopic (exact) mass is 367 g/mol. The summed E-state index contributed by atoms with van der Waals surface area (Å²) in [7, 11) is 3.84. The number of aryl methyl sites for hydroxylation is 2. The third-order valence-corrected chi connectivity index (χ3v) is 4.58. The molecule has 0 bridgehead atoms. The lowest BCUT2D eigenvalue weighted by molar-refractivity contribution is 0.118. The number of aromatic nitrogens is 3. The fourth-order valence-corrected chi connectivity index (χ4v) is 3.28. The van der Waals surface area contributed by atoms with E-state index < -0.39 is 0 Å². The summed E-state index contributed by atoms with van der Waals surface area (Å²) in [5.41, 5.74) is 11.6. The first-order valence-electron chi connectivity index (χ1n) is 9.51. The van der Waals surface area contributed by atoms with E-state index in [4.69, 9.17) is 14.8 Å². The second-order valence-electron chi connectivity index (χ2n) is 7.04. The number of ether oxygens (including phenoxy) is 1. The van der Waals surface area contributed by atoms with E-state index in [2.05, 4.69) is 42.9 Å². The molecule has 0 fully saturated rings. The van der Waals surface area contributed by atoms with Crippen LogP contribution in [0.4, 0.5) is 5.82 Å². The predicted octanol–water partition coefficient (Wildman–Crippen LogP) is 3.79. The van der Waals surface area contributed by atoms with Gasteiger partial charge in [-0.05, 0) is 36.0 Å². The Balaban J connectivity index is 1.70. The van der Waals surface area contributed by atoms with E-state index in [1.165, 1.54) is 11.1 Å². The minimum Gasteiger partial charge on any atom is -0.377 e. The molecule has 6 heteroatoms. The van der Waals surface area contributed by atoms with E-state index in [0.717, 1.165) is 35.4 Å². The highest BCUT2D eigenvalue weighted by Crippen LogP contribution is 2.29. The van der Waals surface area contributed by atoms with Crippen LogP contribution in [0.5, 0.6) is 0 Å². The maximum absolute atomic E-state index is 5.81. The molecule has 0 spiro atoms. The summed E-state index contributed by atoms with van der Waals surface area (Å²) in [6.45, 7) is 5.75. The number of benzene rings is 1. The van der Waals surface area contributed by atoms with Crippen molar-refractivity contribution in [3.63, 3.8) is 0 Å². The average Bonchev–Trinajstić information content (AvgIpc) is 2.98. The molecule has 27 heavy (non-hydrogen) atoms. The highest BCUT2D eigenvalue weighted by Gasteiger charge is 2.17. The van der Waals surface area contributed by atoms with E-state index in [1.807, 2.05) is 37.0 Å². The number of rotatable bonds is 9. The molecule has 0 aliphatic rings. The maximum atomic E-state index is 5.81. The minimum atomic E-state index is 0.394.